The van der Waals surface area contributed by atoms with Crippen LogP contribution in [0.5, 0.6) is 0 Å². The van der Waals surface area contributed by atoms with E-state index in [1.807, 2.05) is 30.3 Å². The van der Waals surface area contributed by atoms with E-state index in [0.717, 1.165) is 5.56 Å². The zero-order valence-corrected chi connectivity index (χ0v) is 11.3. The van der Waals surface area contributed by atoms with Crippen LogP contribution in [0.1, 0.15) is 5.56 Å². The molecule has 0 aliphatic carbocycles. The summed E-state index contributed by atoms with van der Waals surface area (Å²) in [6.45, 7) is 3.72. The molecule has 1 aromatic rings. The Bertz CT molecular complexity index is 153. The van der Waals surface area contributed by atoms with Gasteiger partial charge in [0.2, 0.25) is 0 Å². The summed E-state index contributed by atoms with van der Waals surface area (Å²) in [7, 11) is 0.357. The Hall–Kier alpha value is 1.21. The summed E-state index contributed by atoms with van der Waals surface area (Å²) in [5.74, 6) is 0. The lowest BCUT2D eigenvalue weighted by Crippen LogP contribution is -1.62. The highest BCUT2D eigenvalue weighted by Gasteiger charge is 1.72. The molecule has 3 heteroatoms. The lowest BCUT2D eigenvalue weighted by molar-refractivity contribution is 1.62. The zero-order valence-electron chi connectivity index (χ0n) is 5.56. The lowest BCUT2D eigenvalue weighted by Gasteiger charge is -1.82. The van der Waals surface area contributed by atoms with Gasteiger partial charge in [0.25, 0.3) is 0 Å². The molecule has 1 radical (unpaired) electrons. The van der Waals surface area contributed by atoms with Crippen molar-refractivity contribution in [1.82, 2.24) is 0 Å². The van der Waals surface area contributed by atoms with Crippen LogP contribution in [0.25, 0.3) is 0 Å². The van der Waals surface area contributed by atoms with Gasteiger partial charge in [0, 0.05) is 0 Å². The quantitative estimate of drug-likeness (QED) is 0.485. The van der Waals surface area contributed by atoms with Gasteiger partial charge in [0.1, 0.15) is 0 Å². The van der Waals surface area contributed by atoms with Gasteiger partial charge >= 0.3 is 8.65 Å². The van der Waals surface area contributed by atoms with Gasteiger partial charge in [-0.3, -0.25) is 0 Å². The van der Waals surface area contributed by atoms with Gasteiger partial charge in [-0.1, -0.05) is 30.3 Å². The molecule has 0 spiro atoms. The number of rotatable bonds is 0. The SMILES string of the molecule is [CH2]c1ccccc1.[I][AlH][I]. The van der Waals surface area contributed by atoms with Gasteiger partial charge in [-0.15, -0.1) is 0 Å². The van der Waals surface area contributed by atoms with Crippen molar-refractivity contribution in [2.45, 2.75) is 0 Å². The Morgan fingerprint density at radius 3 is 1.70 bits per heavy atom. The van der Waals surface area contributed by atoms with Crippen molar-refractivity contribution in [3.63, 3.8) is 0 Å². The normalized spacial score (nSPS) is 7.50. The van der Waals surface area contributed by atoms with Crippen LogP contribution < -0.4 is 0 Å². The monoisotopic (exact) mass is 373 g/mol. The van der Waals surface area contributed by atoms with Crippen LogP contribution in [0.2, 0.25) is 0 Å². The van der Waals surface area contributed by atoms with Crippen molar-refractivity contribution in [2.24, 2.45) is 0 Å². The zero-order chi connectivity index (χ0) is 7.82. The maximum atomic E-state index is 3.72. The molecule has 0 unspecified atom stereocenters. The Morgan fingerprint density at radius 2 is 1.50 bits per heavy atom. The van der Waals surface area contributed by atoms with E-state index in [-0.39, 0.29) is 0 Å². The highest BCUT2D eigenvalue weighted by atomic mass is 127. The summed E-state index contributed by atoms with van der Waals surface area (Å²) >= 11 is 4.83. The average Bonchev–Trinajstić information content (AvgIpc) is 1.91. The van der Waals surface area contributed by atoms with Crippen molar-refractivity contribution >= 4 is 49.2 Å². The third-order valence-electron chi connectivity index (χ3n) is 0.843. The second kappa shape index (κ2) is 8.31. The highest BCUT2D eigenvalue weighted by molar-refractivity contribution is 14.3. The molecule has 1 aromatic carbocycles. The number of hydrogen-bond donors (Lipinski definition) is 0. The Morgan fingerprint density at radius 1 is 1.10 bits per heavy atom. The molecule has 0 amide bonds. The van der Waals surface area contributed by atoms with Crippen molar-refractivity contribution in [2.75, 3.05) is 0 Å². The molecule has 0 fully saturated rings. The summed E-state index contributed by atoms with van der Waals surface area (Å²) < 4.78 is 0. The first-order valence-electron chi connectivity index (χ1n) is 2.80. The van der Waals surface area contributed by atoms with Crippen LogP contribution in [0, 0.1) is 6.92 Å². The molecule has 0 bridgehead atoms. The third kappa shape index (κ3) is 7.32. The van der Waals surface area contributed by atoms with Crippen molar-refractivity contribution in [3.8, 4) is 0 Å². The van der Waals surface area contributed by atoms with Crippen LogP contribution in [-0.2, 0) is 0 Å². The largest absolute Gasteiger partial charge is 0.425 e. The Balaban J connectivity index is 0.000000236. The predicted molar refractivity (Wildman–Crippen MR) is 66.1 cm³/mol. The third-order valence-corrected chi connectivity index (χ3v) is 0.843. The van der Waals surface area contributed by atoms with Gasteiger partial charge in [-0.2, -0.15) is 40.5 Å². The van der Waals surface area contributed by atoms with E-state index in [4.69, 9.17) is 0 Å². The summed E-state index contributed by atoms with van der Waals surface area (Å²) in [4.78, 5) is 0. The minimum absolute atomic E-state index is 0.357. The smallest absolute Gasteiger partial charge is 0.197 e. The molecule has 0 heterocycles. The van der Waals surface area contributed by atoms with Gasteiger partial charge in [0.15, 0.2) is 0 Å². The number of hydrogen-bond acceptors (Lipinski definition) is 0. The molecular formula is C7H8AlI2. The molecule has 53 valence electrons. The van der Waals surface area contributed by atoms with E-state index < -0.39 is 0 Å². The lowest BCUT2D eigenvalue weighted by atomic mass is 10.2. The van der Waals surface area contributed by atoms with E-state index >= 15 is 0 Å². The van der Waals surface area contributed by atoms with Crippen LogP contribution in [0.4, 0.5) is 0 Å². The van der Waals surface area contributed by atoms with E-state index in [2.05, 4.69) is 47.5 Å². The topological polar surface area (TPSA) is 0 Å². The van der Waals surface area contributed by atoms with Gasteiger partial charge in [-0.25, -0.2) is 0 Å². The molecule has 0 aromatic heterocycles. The molecular weight excluding hydrogens is 365 g/mol. The standard InChI is InChI=1S/C7H7.Al.2HI.H/c1-7-5-3-2-4-6-7;;;;/h2-6H,1H2;;2*1H;/q;+2;;;/p-2. The first-order chi connectivity index (χ1) is 4.81. The van der Waals surface area contributed by atoms with Gasteiger partial charge in [-0.05, 0) is 12.5 Å². The first-order valence-corrected chi connectivity index (χ1v) is 13.0. The fraction of sp³-hybridized carbons (Fsp3) is 0. The summed E-state index contributed by atoms with van der Waals surface area (Å²) in [6.07, 6.45) is 0. The molecule has 0 N–H and O–H groups in total. The molecule has 0 aliphatic rings. The summed E-state index contributed by atoms with van der Waals surface area (Å²) in [6, 6.07) is 9.87. The molecule has 0 atom stereocenters. The molecule has 1 rings (SSSR count). The molecule has 0 saturated heterocycles. The number of halogens is 2. The van der Waals surface area contributed by atoms with E-state index in [1.165, 1.54) is 0 Å². The Labute approximate surface area is 90.8 Å². The predicted octanol–water partition coefficient (Wildman–Crippen LogP) is 2.99. The maximum Gasteiger partial charge on any atom is 0.425 e. The fourth-order valence-corrected chi connectivity index (χ4v) is 0.478. The van der Waals surface area contributed by atoms with Crippen LogP contribution in [-0.4, -0.2) is 8.65 Å². The minimum Gasteiger partial charge on any atom is -0.197 e. The Kier molecular flexibility index (Phi) is 9.32. The number of benzene rings is 1. The second-order valence-electron chi connectivity index (χ2n) is 1.59. The second-order valence-corrected chi connectivity index (χ2v) is 15.1. The van der Waals surface area contributed by atoms with Crippen LogP contribution >= 0.6 is 40.5 Å². The fourth-order valence-electron chi connectivity index (χ4n) is 0.478. The van der Waals surface area contributed by atoms with Crippen molar-refractivity contribution < 1.29 is 0 Å². The summed E-state index contributed by atoms with van der Waals surface area (Å²) in [5, 5.41) is 0. The van der Waals surface area contributed by atoms with E-state index in [1.54, 1.807) is 0 Å². The molecule has 0 saturated carbocycles. The van der Waals surface area contributed by atoms with E-state index in [0.29, 0.717) is 8.65 Å². The van der Waals surface area contributed by atoms with E-state index in [9.17, 15) is 0 Å². The van der Waals surface area contributed by atoms with Gasteiger partial charge < -0.3 is 0 Å². The summed E-state index contributed by atoms with van der Waals surface area (Å²) in [5.41, 5.74) is 1.07. The molecule has 10 heavy (non-hydrogen) atoms. The average molecular weight is 373 g/mol. The molecule has 0 nitrogen and oxygen atoms in total. The van der Waals surface area contributed by atoms with Crippen molar-refractivity contribution in [3.05, 3.63) is 42.8 Å². The highest BCUT2D eigenvalue weighted by Crippen LogP contribution is 1.92. The first kappa shape index (κ1) is 11.2. The maximum absolute atomic E-state index is 3.72. The van der Waals surface area contributed by atoms with Crippen molar-refractivity contribution in [1.29, 1.82) is 0 Å². The van der Waals surface area contributed by atoms with Crippen LogP contribution in [0.15, 0.2) is 30.3 Å². The van der Waals surface area contributed by atoms with Gasteiger partial charge in [0.05, 0.1) is 0 Å². The van der Waals surface area contributed by atoms with Crippen LogP contribution in [0.3, 0.4) is 0 Å². The molecule has 0 aliphatic heterocycles. The minimum atomic E-state index is 0.357.